The van der Waals surface area contributed by atoms with Crippen molar-refractivity contribution in [2.45, 2.75) is 38.5 Å². The summed E-state index contributed by atoms with van der Waals surface area (Å²) in [4.78, 5) is 4.86. The fraction of sp³-hybridized carbons (Fsp3) is 0.438. The van der Waals surface area contributed by atoms with E-state index in [1.807, 2.05) is 0 Å². The molecule has 1 saturated carbocycles. The Morgan fingerprint density at radius 3 is 2.78 bits per heavy atom. The summed E-state index contributed by atoms with van der Waals surface area (Å²) >= 11 is 0. The lowest BCUT2D eigenvalue weighted by Gasteiger charge is -2.14. The summed E-state index contributed by atoms with van der Waals surface area (Å²) in [6.07, 6.45) is 5.32. The van der Waals surface area contributed by atoms with E-state index in [0.29, 0.717) is 5.92 Å². The summed E-state index contributed by atoms with van der Waals surface area (Å²) in [5.41, 5.74) is 3.64. The van der Waals surface area contributed by atoms with Crippen LogP contribution in [0, 0.1) is 0 Å². The second-order valence-corrected chi connectivity index (χ2v) is 5.12. The average Bonchev–Trinajstić information content (AvgIpc) is 2.93. The normalized spacial score (nSPS) is 16.3. The molecule has 1 aliphatic carbocycles. The minimum atomic E-state index is 0.673. The van der Waals surface area contributed by atoms with Crippen molar-refractivity contribution < 1.29 is 0 Å². The second kappa shape index (κ2) is 4.97. The van der Waals surface area contributed by atoms with Gasteiger partial charge < -0.3 is 5.32 Å². The summed E-state index contributed by atoms with van der Waals surface area (Å²) in [7, 11) is 0. The highest BCUT2D eigenvalue weighted by atomic mass is 14.9. The summed E-state index contributed by atoms with van der Waals surface area (Å²) < 4.78 is 0. The van der Waals surface area contributed by atoms with Crippen LogP contribution in [0.5, 0.6) is 0 Å². The Bertz CT molecular complexity index is 542. The number of rotatable bonds is 3. The third-order valence-corrected chi connectivity index (χ3v) is 3.88. The maximum atomic E-state index is 4.86. The molecule has 0 aliphatic heterocycles. The van der Waals surface area contributed by atoms with Crippen molar-refractivity contribution in [1.82, 2.24) is 4.98 Å². The molecular formula is C16H20N2. The van der Waals surface area contributed by atoms with Gasteiger partial charge in [0.25, 0.3) is 0 Å². The van der Waals surface area contributed by atoms with Crippen molar-refractivity contribution in [2.75, 3.05) is 11.9 Å². The molecule has 3 rings (SSSR count). The Hall–Kier alpha value is -1.57. The van der Waals surface area contributed by atoms with Crippen LogP contribution in [0.3, 0.4) is 0 Å². The number of hydrogen-bond acceptors (Lipinski definition) is 2. The van der Waals surface area contributed by atoms with Gasteiger partial charge in [-0.2, -0.15) is 0 Å². The van der Waals surface area contributed by atoms with Crippen molar-refractivity contribution in [1.29, 1.82) is 0 Å². The lowest BCUT2D eigenvalue weighted by Crippen LogP contribution is -2.02. The number of fused-ring (bicyclic) bond motifs is 1. The number of para-hydroxylation sites is 1. The topological polar surface area (TPSA) is 24.9 Å². The summed E-state index contributed by atoms with van der Waals surface area (Å²) in [5.74, 6) is 0.673. The summed E-state index contributed by atoms with van der Waals surface area (Å²) in [6.45, 7) is 3.10. The zero-order valence-electron chi connectivity index (χ0n) is 10.9. The Morgan fingerprint density at radius 1 is 1.22 bits per heavy atom. The van der Waals surface area contributed by atoms with E-state index in [1.54, 1.807) is 0 Å². The molecule has 0 spiro atoms. The van der Waals surface area contributed by atoms with Crippen molar-refractivity contribution in [2.24, 2.45) is 0 Å². The third-order valence-electron chi connectivity index (χ3n) is 3.88. The van der Waals surface area contributed by atoms with Crippen LogP contribution < -0.4 is 5.32 Å². The van der Waals surface area contributed by atoms with Gasteiger partial charge >= 0.3 is 0 Å². The number of hydrogen-bond donors (Lipinski definition) is 1. The van der Waals surface area contributed by atoms with Gasteiger partial charge in [-0.1, -0.05) is 31.0 Å². The first-order valence-electron chi connectivity index (χ1n) is 7.02. The van der Waals surface area contributed by atoms with E-state index < -0.39 is 0 Å². The largest absolute Gasteiger partial charge is 0.385 e. The van der Waals surface area contributed by atoms with Gasteiger partial charge in [-0.25, -0.2) is 0 Å². The molecule has 0 atom stereocenters. The molecule has 1 aromatic heterocycles. The van der Waals surface area contributed by atoms with Crippen molar-refractivity contribution in [3.8, 4) is 0 Å². The number of nitrogens with zero attached hydrogens (tertiary/aromatic N) is 1. The Balaban J connectivity index is 2.10. The van der Waals surface area contributed by atoms with E-state index in [-0.39, 0.29) is 0 Å². The molecule has 0 saturated heterocycles. The predicted octanol–water partition coefficient (Wildman–Crippen LogP) is 4.32. The summed E-state index contributed by atoms with van der Waals surface area (Å²) in [5, 5.41) is 4.71. The van der Waals surface area contributed by atoms with Crippen LogP contribution >= 0.6 is 0 Å². The van der Waals surface area contributed by atoms with Crippen LogP contribution in [0.2, 0.25) is 0 Å². The van der Waals surface area contributed by atoms with E-state index in [2.05, 4.69) is 42.6 Å². The van der Waals surface area contributed by atoms with E-state index >= 15 is 0 Å². The molecule has 18 heavy (non-hydrogen) atoms. The van der Waals surface area contributed by atoms with E-state index in [9.17, 15) is 0 Å². The number of aromatic nitrogens is 1. The molecule has 1 aliphatic rings. The highest BCUT2D eigenvalue weighted by Gasteiger charge is 2.19. The van der Waals surface area contributed by atoms with Crippen molar-refractivity contribution in [3.63, 3.8) is 0 Å². The fourth-order valence-electron chi connectivity index (χ4n) is 2.96. The van der Waals surface area contributed by atoms with Crippen molar-refractivity contribution in [3.05, 3.63) is 36.0 Å². The molecule has 1 fully saturated rings. The van der Waals surface area contributed by atoms with Crippen LogP contribution in [0.25, 0.3) is 10.9 Å². The minimum Gasteiger partial charge on any atom is -0.385 e. The monoisotopic (exact) mass is 240 g/mol. The molecule has 0 unspecified atom stereocenters. The lowest BCUT2D eigenvalue weighted by molar-refractivity contribution is 0.701. The molecule has 1 aromatic carbocycles. The highest BCUT2D eigenvalue weighted by molar-refractivity contribution is 5.91. The molecule has 0 radical (unpaired) electrons. The van der Waals surface area contributed by atoms with Gasteiger partial charge in [0.05, 0.1) is 5.52 Å². The Morgan fingerprint density at radius 2 is 2.00 bits per heavy atom. The maximum Gasteiger partial charge on any atom is 0.0726 e. The van der Waals surface area contributed by atoms with Crippen LogP contribution in [0.1, 0.15) is 44.2 Å². The van der Waals surface area contributed by atoms with E-state index in [4.69, 9.17) is 4.98 Å². The minimum absolute atomic E-state index is 0.673. The molecule has 2 aromatic rings. The molecule has 0 amide bonds. The Labute approximate surface area is 108 Å². The van der Waals surface area contributed by atoms with Gasteiger partial charge in [0.1, 0.15) is 0 Å². The predicted molar refractivity (Wildman–Crippen MR) is 77.1 cm³/mol. The highest BCUT2D eigenvalue weighted by Crippen LogP contribution is 2.35. The van der Waals surface area contributed by atoms with E-state index in [0.717, 1.165) is 12.1 Å². The molecule has 2 heteroatoms. The fourth-order valence-corrected chi connectivity index (χ4v) is 2.96. The average molecular weight is 240 g/mol. The zero-order valence-corrected chi connectivity index (χ0v) is 10.9. The number of benzene rings is 1. The smallest absolute Gasteiger partial charge is 0.0726 e. The first kappa shape index (κ1) is 11.5. The molecule has 2 nitrogen and oxygen atoms in total. The van der Waals surface area contributed by atoms with Crippen LogP contribution in [-0.4, -0.2) is 11.5 Å². The second-order valence-electron chi connectivity index (χ2n) is 5.12. The van der Waals surface area contributed by atoms with Gasteiger partial charge in [-0.15, -0.1) is 0 Å². The van der Waals surface area contributed by atoms with Crippen LogP contribution in [0.4, 0.5) is 5.69 Å². The van der Waals surface area contributed by atoms with Gasteiger partial charge in [0, 0.05) is 29.2 Å². The van der Waals surface area contributed by atoms with Gasteiger partial charge in [-0.05, 0) is 31.9 Å². The van der Waals surface area contributed by atoms with Crippen LogP contribution in [-0.2, 0) is 0 Å². The van der Waals surface area contributed by atoms with Gasteiger partial charge in [0.2, 0.25) is 0 Å². The number of anilines is 1. The van der Waals surface area contributed by atoms with Gasteiger partial charge in [-0.3, -0.25) is 4.98 Å². The zero-order chi connectivity index (χ0) is 12.4. The quantitative estimate of drug-likeness (QED) is 0.864. The molecular weight excluding hydrogens is 220 g/mol. The maximum absolute atomic E-state index is 4.86. The summed E-state index contributed by atoms with van der Waals surface area (Å²) in [6, 6.07) is 10.7. The molecule has 1 heterocycles. The van der Waals surface area contributed by atoms with Crippen molar-refractivity contribution >= 4 is 16.6 Å². The Kier molecular flexibility index (Phi) is 3.18. The number of nitrogens with one attached hydrogen (secondary N) is 1. The molecule has 1 N–H and O–H groups in total. The van der Waals surface area contributed by atoms with Crippen LogP contribution in [0.15, 0.2) is 30.3 Å². The molecule has 0 bridgehead atoms. The standard InChI is InChI=1S/C16H20N2/c1-2-17-16-11-15(12-7-3-4-8-12)18-14-10-6-5-9-13(14)16/h5-6,9-12H,2-4,7-8H2,1H3,(H,17,18). The lowest BCUT2D eigenvalue weighted by atomic mass is 10.0. The SMILES string of the molecule is CCNc1cc(C2CCCC2)nc2ccccc12. The first-order valence-corrected chi connectivity index (χ1v) is 7.02. The van der Waals surface area contributed by atoms with Gasteiger partial charge in [0.15, 0.2) is 0 Å². The third kappa shape index (κ3) is 2.07. The first-order chi connectivity index (χ1) is 8.88. The molecule has 94 valence electrons. The van der Waals surface area contributed by atoms with E-state index in [1.165, 1.54) is 42.5 Å². The number of pyridine rings is 1.